The Morgan fingerprint density at radius 2 is 1.96 bits per heavy atom. The fraction of sp³-hybridized carbons (Fsp3) is 0.545. The lowest BCUT2D eigenvalue weighted by atomic mass is 10.0. The summed E-state index contributed by atoms with van der Waals surface area (Å²) in [7, 11) is -9.68. The highest BCUT2D eigenvalue weighted by Gasteiger charge is 2.39. The monoisotopic (exact) mass is 425 g/mol. The van der Waals surface area contributed by atoms with Crippen molar-refractivity contribution in [3.63, 3.8) is 0 Å². The number of nitrogens with zero attached hydrogens (tertiary/aromatic N) is 4. The number of ether oxygens (including phenoxy) is 1. The van der Waals surface area contributed by atoms with Gasteiger partial charge in [-0.15, -0.1) is 0 Å². The molecule has 150 valence electrons. The number of nitrogens with two attached hydrogens (primary N) is 1. The molecule has 0 saturated carbocycles. The summed E-state index contributed by atoms with van der Waals surface area (Å²) < 4.78 is 38.3. The molecular weight excluding hydrogens is 408 g/mol. The van der Waals surface area contributed by atoms with Crippen LogP contribution in [0, 0.1) is 0 Å². The van der Waals surface area contributed by atoms with Gasteiger partial charge in [0.2, 0.25) is 0 Å². The summed E-state index contributed by atoms with van der Waals surface area (Å²) in [6.45, 7) is -0.576. The molecule has 1 fully saturated rings. The maximum atomic E-state index is 11.3. The van der Waals surface area contributed by atoms with Crippen LogP contribution in [0.3, 0.4) is 0 Å². The first-order valence-electron chi connectivity index (χ1n) is 7.52. The van der Waals surface area contributed by atoms with Crippen molar-refractivity contribution in [2.45, 2.75) is 24.7 Å². The summed E-state index contributed by atoms with van der Waals surface area (Å²) in [6, 6.07) is -0.479. The number of fused-ring (bicyclic) bond motifs is 1. The quantitative estimate of drug-likeness (QED) is 0.364. The smallest absolute Gasteiger partial charge is 0.382 e. The largest absolute Gasteiger partial charge is 0.469 e. The van der Waals surface area contributed by atoms with E-state index < -0.39 is 40.5 Å². The Kier molecular flexibility index (Phi) is 5.64. The Balaban J connectivity index is 1.82. The van der Waals surface area contributed by atoms with Crippen LogP contribution in [-0.4, -0.2) is 64.5 Å². The Hall–Kier alpha value is -1.47. The predicted octanol–water partition coefficient (Wildman–Crippen LogP) is -0.674. The molecule has 2 aromatic rings. The number of nitrogen functional groups attached to an aromatic ring is 1. The van der Waals surface area contributed by atoms with Crippen molar-refractivity contribution in [3.05, 3.63) is 12.7 Å². The molecule has 1 aliphatic heterocycles. The molecular formula is C11H17N5O9P2. The molecule has 0 unspecified atom stereocenters. The number of phosphoric acid groups is 2. The van der Waals surface area contributed by atoms with Crippen LogP contribution in [-0.2, 0) is 22.9 Å². The molecule has 0 aliphatic carbocycles. The van der Waals surface area contributed by atoms with E-state index in [1.165, 1.54) is 12.7 Å². The van der Waals surface area contributed by atoms with E-state index in [2.05, 4.69) is 19.5 Å². The van der Waals surface area contributed by atoms with Crippen molar-refractivity contribution in [1.29, 1.82) is 0 Å². The van der Waals surface area contributed by atoms with Crippen LogP contribution < -0.4 is 5.73 Å². The first-order valence-corrected chi connectivity index (χ1v) is 10.6. The molecule has 14 nitrogen and oxygen atoms in total. The number of hydrogen-bond acceptors (Lipinski definition) is 9. The first kappa shape index (κ1) is 20.3. The Labute approximate surface area is 151 Å². The van der Waals surface area contributed by atoms with E-state index >= 15 is 0 Å². The van der Waals surface area contributed by atoms with E-state index in [1.807, 2.05) is 0 Å². The minimum absolute atomic E-state index is 0.0333. The summed E-state index contributed by atoms with van der Waals surface area (Å²) in [5.41, 5.74) is 6.49. The molecule has 1 saturated heterocycles. The molecule has 3 heterocycles. The number of anilines is 1. The number of imidazole rings is 1. The second-order valence-corrected chi connectivity index (χ2v) is 8.20. The van der Waals surface area contributed by atoms with E-state index in [-0.39, 0.29) is 18.8 Å². The fourth-order valence-electron chi connectivity index (χ4n) is 2.77. The van der Waals surface area contributed by atoms with Crippen molar-refractivity contribution in [3.8, 4) is 0 Å². The van der Waals surface area contributed by atoms with Gasteiger partial charge in [0.25, 0.3) is 0 Å². The Morgan fingerprint density at radius 1 is 1.22 bits per heavy atom. The van der Waals surface area contributed by atoms with Crippen LogP contribution in [0.1, 0.15) is 12.5 Å². The molecule has 6 N–H and O–H groups in total. The highest BCUT2D eigenvalue weighted by molar-refractivity contribution is 7.46. The molecule has 1 aliphatic rings. The summed E-state index contributed by atoms with van der Waals surface area (Å²) >= 11 is 0. The number of rotatable bonds is 6. The first-order chi connectivity index (χ1) is 12.5. The van der Waals surface area contributed by atoms with Crippen molar-refractivity contribution in [2.24, 2.45) is 0 Å². The molecule has 0 spiro atoms. The average molecular weight is 425 g/mol. The lowest BCUT2D eigenvalue weighted by Crippen LogP contribution is -2.43. The zero-order valence-corrected chi connectivity index (χ0v) is 15.4. The van der Waals surface area contributed by atoms with Crippen LogP contribution >= 0.6 is 15.6 Å². The van der Waals surface area contributed by atoms with E-state index in [0.717, 1.165) is 0 Å². The van der Waals surface area contributed by atoms with Gasteiger partial charge in [-0.3, -0.25) is 9.05 Å². The summed E-state index contributed by atoms with van der Waals surface area (Å²) in [6.07, 6.45) is 0.420. The molecule has 3 atom stereocenters. The topological polar surface area (TPSA) is 212 Å². The van der Waals surface area contributed by atoms with E-state index in [0.29, 0.717) is 11.2 Å². The summed E-state index contributed by atoms with van der Waals surface area (Å²) in [4.78, 5) is 47.9. The zero-order chi connectivity index (χ0) is 19.8. The maximum absolute atomic E-state index is 11.3. The molecule has 0 radical (unpaired) electrons. The Morgan fingerprint density at radius 3 is 2.63 bits per heavy atom. The highest BCUT2D eigenvalue weighted by Crippen LogP contribution is 2.43. The molecule has 0 aromatic carbocycles. The van der Waals surface area contributed by atoms with Gasteiger partial charge < -0.3 is 34.6 Å². The van der Waals surface area contributed by atoms with Crippen LogP contribution in [0.4, 0.5) is 5.82 Å². The second kappa shape index (κ2) is 7.51. The van der Waals surface area contributed by atoms with Crippen LogP contribution in [0.2, 0.25) is 0 Å². The fourth-order valence-corrected chi connectivity index (χ4v) is 3.69. The van der Waals surface area contributed by atoms with Crippen molar-refractivity contribution < 1.29 is 42.5 Å². The average Bonchev–Trinajstić information content (AvgIpc) is 2.97. The standard InChI is InChI=1S/C11H17N5O9P2/c12-10-9-11(14-4-13-10)16(5-15-9)6-1-7(25-27(20,21)22)8(23-2-6)3-24-26(17,18)19/h4-8H,1-3H2,(H2,12,13,14)(H2,17,18,19)(H2,20,21,22)/t6-,7-,8+/m0/s1. The number of aromatic nitrogens is 4. The molecule has 27 heavy (non-hydrogen) atoms. The van der Waals surface area contributed by atoms with Gasteiger partial charge in [0, 0.05) is 0 Å². The van der Waals surface area contributed by atoms with Gasteiger partial charge in [-0.2, -0.15) is 0 Å². The van der Waals surface area contributed by atoms with E-state index in [4.69, 9.17) is 34.6 Å². The SMILES string of the molecule is Nc1ncnc2c1ncn2[C@@H]1CO[C@H](COP(=O)(O)O)[C@@H](OP(=O)(O)O)C1. The highest BCUT2D eigenvalue weighted by atomic mass is 31.2. The van der Waals surface area contributed by atoms with Gasteiger partial charge in [-0.1, -0.05) is 0 Å². The van der Waals surface area contributed by atoms with Crippen LogP contribution in [0.15, 0.2) is 12.7 Å². The third-order valence-electron chi connectivity index (χ3n) is 3.88. The summed E-state index contributed by atoms with van der Waals surface area (Å²) in [5.74, 6) is 0.173. The van der Waals surface area contributed by atoms with Gasteiger partial charge in [0.1, 0.15) is 17.9 Å². The summed E-state index contributed by atoms with van der Waals surface area (Å²) in [5, 5.41) is 0. The Bertz CT molecular complexity index is 911. The molecule has 16 heteroatoms. The van der Waals surface area contributed by atoms with Crippen molar-refractivity contribution >= 4 is 32.6 Å². The van der Waals surface area contributed by atoms with E-state index in [9.17, 15) is 9.13 Å². The lowest BCUT2D eigenvalue weighted by molar-refractivity contribution is -0.107. The van der Waals surface area contributed by atoms with E-state index in [1.54, 1.807) is 4.57 Å². The second-order valence-electron chi connectivity index (χ2n) is 5.77. The lowest BCUT2D eigenvalue weighted by Gasteiger charge is -2.36. The van der Waals surface area contributed by atoms with Crippen molar-refractivity contribution in [1.82, 2.24) is 19.5 Å². The van der Waals surface area contributed by atoms with Crippen LogP contribution in [0.25, 0.3) is 11.2 Å². The van der Waals surface area contributed by atoms with Crippen LogP contribution in [0.5, 0.6) is 0 Å². The van der Waals surface area contributed by atoms with Gasteiger partial charge in [0.15, 0.2) is 11.5 Å². The number of phosphoric ester groups is 2. The molecule has 0 bridgehead atoms. The zero-order valence-electron chi connectivity index (χ0n) is 13.6. The minimum Gasteiger partial charge on any atom is -0.382 e. The normalized spacial score (nSPS) is 24.4. The minimum atomic E-state index is -4.90. The third kappa shape index (κ3) is 5.08. The number of hydrogen-bond donors (Lipinski definition) is 5. The molecule has 2 aromatic heterocycles. The third-order valence-corrected chi connectivity index (χ3v) is 4.91. The van der Waals surface area contributed by atoms with Gasteiger partial charge in [-0.05, 0) is 6.42 Å². The predicted molar refractivity (Wildman–Crippen MR) is 88.0 cm³/mol. The molecule has 0 amide bonds. The molecule has 3 rings (SSSR count). The maximum Gasteiger partial charge on any atom is 0.469 e. The van der Waals surface area contributed by atoms with Gasteiger partial charge >= 0.3 is 15.6 Å². The van der Waals surface area contributed by atoms with Crippen molar-refractivity contribution in [2.75, 3.05) is 18.9 Å². The van der Waals surface area contributed by atoms with Gasteiger partial charge in [0.05, 0.1) is 31.7 Å². The van der Waals surface area contributed by atoms with Gasteiger partial charge in [-0.25, -0.2) is 24.1 Å².